The maximum absolute atomic E-state index is 9.99. The Labute approximate surface area is 126 Å². The molecule has 0 radical (unpaired) electrons. The van der Waals surface area contributed by atoms with Crippen LogP contribution in [0.2, 0.25) is 5.02 Å². The van der Waals surface area contributed by atoms with Gasteiger partial charge in [-0.1, -0.05) is 43.5 Å². The van der Waals surface area contributed by atoms with Gasteiger partial charge in [-0.3, -0.25) is 0 Å². The lowest BCUT2D eigenvalue weighted by molar-refractivity contribution is -0.0424. The molecule has 1 aliphatic rings. The quantitative estimate of drug-likeness (QED) is 0.841. The van der Waals surface area contributed by atoms with Crippen molar-refractivity contribution in [2.75, 3.05) is 18.5 Å². The Bertz CT molecular complexity index is 413. The number of hydrogen-bond acceptors (Lipinski definition) is 3. The number of para-hydroxylation sites is 1. The van der Waals surface area contributed by atoms with Crippen LogP contribution in [0.1, 0.15) is 32.6 Å². The first kappa shape index (κ1) is 15.6. The van der Waals surface area contributed by atoms with Crippen LogP contribution in [-0.2, 0) is 4.74 Å². The molecule has 3 nitrogen and oxygen atoms in total. The molecule has 112 valence electrons. The van der Waals surface area contributed by atoms with E-state index >= 15 is 0 Å². The molecule has 2 N–H and O–H groups in total. The van der Waals surface area contributed by atoms with E-state index in [1.807, 2.05) is 24.3 Å². The summed E-state index contributed by atoms with van der Waals surface area (Å²) < 4.78 is 5.85. The van der Waals surface area contributed by atoms with Crippen molar-refractivity contribution in [1.82, 2.24) is 0 Å². The highest BCUT2D eigenvalue weighted by molar-refractivity contribution is 6.33. The third-order valence-corrected chi connectivity index (χ3v) is 4.27. The molecule has 0 heterocycles. The van der Waals surface area contributed by atoms with Crippen LogP contribution < -0.4 is 5.32 Å². The van der Waals surface area contributed by atoms with E-state index in [0.29, 0.717) is 30.2 Å². The summed E-state index contributed by atoms with van der Waals surface area (Å²) in [5.74, 6) is 0.604. The number of rotatable bonds is 6. The summed E-state index contributed by atoms with van der Waals surface area (Å²) in [6.07, 6.45) is 4.68. The zero-order chi connectivity index (χ0) is 14.4. The molecule has 1 aromatic rings. The van der Waals surface area contributed by atoms with E-state index < -0.39 is 6.10 Å². The van der Waals surface area contributed by atoms with Crippen LogP contribution in [0.25, 0.3) is 0 Å². The summed E-state index contributed by atoms with van der Waals surface area (Å²) in [4.78, 5) is 0. The van der Waals surface area contributed by atoms with Crippen molar-refractivity contribution in [3.8, 4) is 0 Å². The average molecular weight is 298 g/mol. The molecule has 0 amide bonds. The van der Waals surface area contributed by atoms with Crippen LogP contribution in [-0.4, -0.2) is 30.5 Å². The van der Waals surface area contributed by atoms with Crippen molar-refractivity contribution < 1.29 is 9.84 Å². The number of ether oxygens (including phenoxy) is 1. The Morgan fingerprint density at radius 2 is 2.10 bits per heavy atom. The van der Waals surface area contributed by atoms with E-state index in [1.54, 1.807) is 0 Å². The highest BCUT2D eigenvalue weighted by atomic mass is 35.5. The zero-order valence-corrected chi connectivity index (χ0v) is 12.8. The van der Waals surface area contributed by atoms with Gasteiger partial charge >= 0.3 is 0 Å². The fourth-order valence-corrected chi connectivity index (χ4v) is 2.86. The highest BCUT2D eigenvalue weighted by Crippen LogP contribution is 2.26. The molecule has 1 fully saturated rings. The number of nitrogens with one attached hydrogen (secondary N) is 1. The van der Waals surface area contributed by atoms with Crippen LogP contribution in [0.15, 0.2) is 24.3 Å². The van der Waals surface area contributed by atoms with Crippen molar-refractivity contribution in [3.05, 3.63) is 29.3 Å². The molecule has 1 aromatic carbocycles. The summed E-state index contributed by atoms with van der Waals surface area (Å²) in [5, 5.41) is 13.8. The predicted octanol–water partition coefficient (Wildman–Crippen LogP) is 3.71. The van der Waals surface area contributed by atoms with E-state index in [0.717, 1.165) is 12.1 Å². The van der Waals surface area contributed by atoms with Crippen LogP contribution >= 0.6 is 11.6 Å². The zero-order valence-electron chi connectivity index (χ0n) is 12.0. The molecule has 1 saturated carbocycles. The number of anilines is 1. The number of hydrogen-bond donors (Lipinski definition) is 2. The van der Waals surface area contributed by atoms with Crippen molar-refractivity contribution in [2.24, 2.45) is 5.92 Å². The van der Waals surface area contributed by atoms with E-state index in [4.69, 9.17) is 16.3 Å². The normalized spacial score (nSPS) is 24.4. The number of aliphatic hydroxyl groups is 1. The third kappa shape index (κ3) is 4.65. The summed E-state index contributed by atoms with van der Waals surface area (Å²) in [7, 11) is 0. The molecule has 0 saturated heterocycles. The number of halogens is 1. The largest absolute Gasteiger partial charge is 0.389 e. The van der Waals surface area contributed by atoms with Crippen LogP contribution in [0.5, 0.6) is 0 Å². The smallest absolute Gasteiger partial charge is 0.0945 e. The summed E-state index contributed by atoms with van der Waals surface area (Å²) in [5.41, 5.74) is 0.847. The second-order valence-corrected chi connectivity index (χ2v) is 6.06. The Hall–Kier alpha value is -0.770. The van der Waals surface area contributed by atoms with Gasteiger partial charge in [0.1, 0.15) is 0 Å². The second kappa shape index (κ2) is 7.87. The summed E-state index contributed by atoms with van der Waals surface area (Å²) in [6, 6.07) is 7.54. The third-order valence-electron chi connectivity index (χ3n) is 3.94. The monoisotopic (exact) mass is 297 g/mol. The van der Waals surface area contributed by atoms with E-state index in [1.165, 1.54) is 19.3 Å². The van der Waals surface area contributed by atoms with Gasteiger partial charge in [-0.05, 0) is 30.9 Å². The lowest BCUT2D eigenvalue weighted by Crippen LogP contribution is -2.32. The fourth-order valence-electron chi connectivity index (χ4n) is 2.66. The minimum atomic E-state index is -0.514. The SMILES string of the molecule is CC1CCCCC1OCC(O)CNc1ccccc1Cl. The lowest BCUT2D eigenvalue weighted by Gasteiger charge is -2.29. The van der Waals surface area contributed by atoms with Gasteiger partial charge in [0.15, 0.2) is 0 Å². The Morgan fingerprint density at radius 3 is 2.85 bits per heavy atom. The number of benzene rings is 1. The maximum Gasteiger partial charge on any atom is 0.0945 e. The first-order chi connectivity index (χ1) is 9.66. The topological polar surface area (TPSA) is 41.5 Å². The van der Waals surface area contributed by atoms with Gasteiger partial charge in [-0.15, -0.1) is 0 Å². The molecule has 0 aliphatic heterocycles. The van der Waals surface area contributed by atoms with Crippen molar-refractivity contribution in [1.29, 1.82) is 0 Å². The fraction of sp³-hybridized carbons (Fsp3) is 0.625. The standard InChI is InChI=1S/C16H24ClNO2/c1-12-6-2-5-9-16(12)20-11-13(19)10-18-15-8-4-3-7-14(15)17/h3-4,7-8,12-13,16,18-19H,2,5-6,9-11H2,1H3. The minimum Gasteiger partial charge on any atom is -0.389 e. The van der Waals surface area contributed by atoms with Crippen LogP contribution in [0, 0.1) is 5.92 Å². The van der Waals surface area contributed by atoms with Crippen LogP contribution in [0.4, 0.5) is 5.69 Å². The van der Waals surface area contributed by atoms with E-state index in [9.17, 15) is 5.11 Å². The first-order valence-corrected chi connectivity index (χ1v) is 7.82. The molecule has 1 aliphatic carbocycles. The van der Waals surface area contributed by atoms with Crippen molar-refractivity contribution in [3.63, 3.8) is 0 Å². The Balaban J connectivity index is 1.70. The summed E-state index contributed by atoms with van der Waals surface area (Å²) in [6.45, 7) is 3.06. The maximum atomic E-state index is 9.99. The van der Waals surface area contributed by atoms with Gasteiger partial charge in [0.2, 0.25) is 0 Å². The predicted molar refractivity (Wildman–Crippen MR) is 83.3 cm³/mol. The number of aliphatic hydroxyl groups excluding tert-OH is 1. The van der Waals surface area contributed by atoms with E-state index in [2.05, 4.69) is 12.2 Å². The highest BCUT2D eigenvalue weighted by Gasteiger charge is 2.22. The molecule has 0 bridgehead atoms. The molecule has 4 heteroatoms. The molecular formula is C16H24ClNO2. The lowest BCUT2D eigenvalue weighted by atomic mass is 9.88. The molecule has 2 rings (SSSR count). The molecule has 3 unspecified atom stereocenters. The molecule has 0 spiro atoms. The molecule has 0 aromatic heterocycles. The van der Waals surface area contributed by atoms with Gasteiger partial charge in [0, 0.05) is 6.54 Å². The average Bonchev–Trinajstić information content (AvgIpc) is 2.45. The molecule has 3 atom stereocenters. The van der Waals surface area contributed by atoms with Gasteiger partial charge in [0.25, 0.3) is 0 Å². The summed E-state index contributed by atoms with van der Waals surface area (Å²) >= 11 is 6.05. The van der Waals surface area contributed by atoms with Crippen molar-refractivity contribution >= 4 is 17.3 Å². The Kier molecular flexibility index (Phi) is 6.14. The van der Waals surface area contributed by atoms with Gasteiger partial charge in [-0.25, -0.2) is 0 Å². The Morgan fingerprint density at radius 1 is 1.35 bits per heavy atom. The minimum absolute atomic E-state index is 0.304. The van der Waals surface area contributed by atoms with Gasteiger partial charge < -0.3 is 15.2 Å². The van der Waals surface area contributed by atoms with Crippen LogP contribution in [0.3, 0.4) is 0 Å². The van der Waals surface area contributed by atoms with E-state index in [-0.39, 0.29) is 0 Å². The van der Waals surface area contributed by atoms with Gasteiger partial charge in [0.05, 0.1) is 29.5 Å². The second-order valence-electron chi connectivity index (χ2n) is 5.65. The van der Waals surface area contributed by atoms with Gasteiger partial charge in [-0.2, -0.15) is 0 Å². The molecule has 20 heavy (non-hydrogen) atoms. The first-order valence-electron chi connectivity index (χ1n) is 7.45. The molecular weight excluding hydrogens is 274 g/mol. The van der Waals surface area contributed by atoms with Crippen molar-refractivity contribution in [2.45, 2.75) is 44.8 Å².